The molecule has 2 aliphatic rings. The Balaban J connectivity index is 2.14. The van der Waals surface area contributed by atoms with Crippen molar-refractivity contribution in [3.8, 4) is 0 Å². The van der Waals surface area contributed by atoms with E-state index >= 15 is 0 Å². The summed E-state index contributed by atoms with van der Waals surface area (Å²) in [7, 11) is 0. The highest BCUT2D eigenvalue weighted by Gasteiger charge is 2.47. The first kappa shape index (κ1) is 8.41. The number of hydrogen-bond donors (Lipinski definition) is 0. The van der Waals surface area contributed by atoms with Crippen LogP contribution in [-0.2, 0) is 4.57 Å². The molecule has 2 rings (SSSR count). The Morgan fingerprint density at radius 3 is 2.18 bits per heavy atom. The van der Waals surface area contributed by atoms with Gasteiger partial charge in [-0.1, -0.05) is 6.42 Å². The molecule has 2 fully saturated rings. The molecule has 64 valence electrons. The number of fused-ring (bicyclic) bond motifs is 2. The fraction of sp³-hybridized carbons (Fsp3) is 1.00. The molecule has 0 saturated heterocycles. The Labute approximate surface area is 76.4 Å². The zero-order valence-corrected chi connectivity index (χ0v) is 8.58. The predicted molar refractivity (Wildman–Crippen MR) is 48.5 cm³/mol. The molecule has 0 heterocycles. The molecule has 0 spiro atoms. The summed E-state index contributed by atoms with van der Waals surface area (Å²) in [6.07, 6.45) is 4.72. The fourth-order valence-electron chi connectivity index (χ4n) is 2.58. The lowest BCUT2D eigenvalue weighted by Crippen LogP contribution is -2.12. The Hall–Kier alpha value is 0.810. The second-order valence-corrected chi connectivity index (χ2v) is 8.95. The topological polar surface area (TPSA) is 17.1 Å². The molecule has 0 amide bonds. The lowest BCUT2D eigenvalue weighted by molar-refractivity contribution is 0.474. The van der Waals surface area contributed by atoms with Crippen LogP contribution in [0, 0.1) is 11.8 Å². The highest BCUT2D eigenvalue weighted by Crippen LogP contribution is 2.69. The monoisotopic (exact) mass is 212 g/mol. The van der Waals surface area contributed by atoms with Crippen LogP contribution in [0.2, 0.25) is 0 Å². The van der Waals surface area contributed by atoms with Crippen LogP contribution in [0.15, 0.2) is 0 Å². The molecule has 2 aliphatic carbocycles. The number of halogens is 2. The number of hydrogen-bond acceptors (Lipinski definition) is 1. The van der Waals surface area contributed by atoms with E-state index in [9.17, 15) is 4.57 Å². The van der Waals surface area contributed by atoms with Crippen molar-refractivity contribution in [2.75, 3.05) is 0 Å². The van der Waals surface area contributed by atoms with Crippen LogP contribution in [0.1, 0.15) is 25.7 Å². The smallest absolute Gasteiger partial charge is 0.256 e. The second-order valence-electron chi connectivity index (χ2n) is 3.74. The molecule has 2 bridgehead atoms. The Kier molecular flexibility index (Phi) is 2.03. The van der Waals surface area contributed by atoms with Gasteiger partial charge in [-0.25, -0.2) is 0 Å². The van der Waals surface area contributed by atoms with Gasteiger partial charge in [-0.3, -0.25) is 4.57 Å². The van der Waals surface area contributed by atoms with E-state index in [0.29, 0.717) is 5.92 Å². The third kappa shape index (κ3) is 1.48. The Bertz CT molecular complexity index is 212. The molecule has 0 N–H and O–H groups in total. The Morgan fingerprint density at radius 2 is 1.91 bits per heavy atom. The van der Waals surface area contributed by atoms with E-state index in [1.54, 1.807) is 0 Å². The van der Waals surface area contributed by atoms with Crippen LogP contribution in [0.4, 0.5) is 0 Å². The molecular formula is C7H11Cl2OP. The predicted octanol–water partition coefficient (Wildman–Crippen LogP) is 3.85. The van der Waals surface area contributed by atoms with Gasteiger partial charge < -0.3 is 0 Å². The van der Waals surface area contributed by atoms with E-state index in [1.165, 1.54) is 19.3 Å². The maximum atomic E-state index is 11.3. The van der Waals surface area contributed by atoms with Crippen LogP contribution in [-0.4, -0.2) is 5.66 Å². The zero-order chi connectivity index (χ0) is 8.06. The van der Waals surface area contributed by atoms with Crippen molar-refractivity contribution in [2.45, 2.75) is 31.3 Å². The van der Waals surface area contributed by atoms with Gasteiger partial charge >= 0.3 is 0 Å². The summed E-state index contributed by atoms with van der Waals surface area (Å²) in [5.74, 6) is -1.47. The third-order valence-corrected chi connectivity index (χ3v) is 6.00. The molecule has 0 aromatic carbocycles. The van der Waals surface area contributed by atoms with E-state index < -0.39 is 5.85 Å². The van der Waals surface area contributed by atoms with Crippen LogP contribution in [0.3, 0.4) is 0 Å². The first-order valence-corrected chi connectivity index (χ1v) is 7.65. The molecule has 0 radical (unpaired) electrons. The van der Waals surface area contributed by atoms with E-state index in [1.807, 2.05) is 0 Å². The molecule has 0 aromatic heterocycles. The van der Waals surface area contributed by atoms with E-state index in [-0.39, 0.29) is 5.66 Å². The van der Waals surface area contributed by atoms with Gasteiger partial charge in [0.1, 0.15) is 0 Å². The summed E-state index contributed by atoms with van der Waals surface area (Å²) >= 11 is 11.3. The van der Waals surface area contributed by atoms with Gasteiger partial charge in [0, 0.05) is 5.66 Å². The summed E-state index contributed by atoms with van der Waals surface area (Å²) in [6.45, 7) is 0. The van der Waals surface area contributed by atoms with Crippen molar-refractivity contribution in [3.63, 3.8) is 0 Å². The summed E-state index contributed by atoms with van der Waals surface area (Å²) < 4.78 is 11.3. The van der Waals surface area contributed by atoms with Gasteiger partial charge in [-0.05, 0) is 53.6 Å². The van der Waals surface area contributed by atoms with E-state index in [4.69, 9.17) is 22.5 Å². The quantitative estimate of drug-likeness (QED) is 0.604. The molecule has 0 aromatic rings. The summed E-state index contributed by atoms with van der Waals surface area (Å²) in [5.41, 5.74) is 0.129. The SMILES string of the molecule is O=P(Cl)(Cl)C1CC2CCC1C2. The molecule has 1 nitrogen and oxygen atoms in total. The first-order chi connectivity index (χ1) is 5.07. The van der Waals surface area contributed by atoms with Gasteiger partial charge in [0.25, 0.3) is 5.85 Å². The minimum absolute atomic E-state index is 0.129. The van der Waals surface area contributed by atoms with Gasteiger partial charge in [0.2, 0.25) is 0 Å². The van der Waals surface area contributed by atoms with Crippen LogP contribution >= 0.6 is 28.3 Å². The van der Waals surface area contributed by atoms with Crippen LogP contribution in [0.25, 0.3) is 0 Å². The summed E-state index contributed by atoms with van der Waals surface area (Å²) in [6, 6.07) is 0. The van der Waals surface area contributed by atoms with Crippen molar-refractivity contribution in [3.05, 3.63) is 0 Å². The summed E-state index contributed by atoms with van der Waals surface area (Å²) in [5, 5.41) is 0. The molecule has 4 heteroatoms. The van der Waals surface area contributed by atoms with E-state index in [2.05, 4.69) is 0 Å². The van der Waals surface area contributed by atoms with Gasteiger partial charge in [-0.15, -0.1) is 0 Å². The van der Waals surface area contributed by atoms with Crippen molar-refractivity contribution in [1.82, 2.24) is 0 Å². The molecule has 3 atom stereocenters. The molecule has 2 saturated carbocycles. The third-order valence-electron chi connectivity index (χ3n) is 3.09. The first-order valence-electron chi connectivity index (χ1n) is 4.06. The average Bonchev–Trinajstić information content (AvgIpc) is 2.42. The normalized spacial score (nSPS) is 43.3. The van der Waals surface area contributed by atoms with Crippen LogP contribution in [0.5, 0.6) is 0 Å². The van der Waals surface area contributed by atoms with Crippen molar-refractivity contribution in [2.24, 2.45) is 11.8 Å². The van der Waals surface area contributed by atoms with Gasteiger partial charge in [-0.2, -0.15) is 0 Å². The maximum Gasteiger partial charge on any atom is 0.256 e. The molecule has 11 heavy (non-hydrogen) atoms. The van der Waals surface area contributed by atoms with Crippen molar-refractivity contribution in [1.29, 1.82) is 0 Å². The second kappa shape index (κ2) is 2.65. The fourth-order valence-corrected chi connectivity index (χ4v) is 5.32. The largest absolute Gasteiger partial charge is 0.289 e. The zero-order valence-electron chi connectivity index (χ0n) is 6.17. The molecule has 3 unspecified atom stereocenters. The lowest BCUT2D eigenvalue weighted by Gasteiger charge is -2.21. The van der Waals surface area contributed by atoms with Crippen molar-refractivity contribution < 1.29 is 4.57 Å². The van der Waals surface area contributed by atoms with E-state index in [0.717, 1.165) is 12.3 Å². The minimum Gasteiger partial charge on any atom is -0.289 e. The highest BCUT2D eigenvalue weighted by atomic mass is 35.9. The number of rotatable bonds is 1. The standard InChI is InChI=1S/C7H11Cl2OP/c8-11(9,10)7-4-5-1-2-6(7)3-5/h5-7H,1-4H2. The van der Waals surface area contributed by atoms with Gasteiger partial charge in [0.15, 0.2) is 0 Å². The lowest BCUT2D eigenvalue weighted by atomic mass is 10.0. The van der Waals surface area contributed by atoms with Gasteiger partial charge in [0.05, 0.1) is 0 Å². The summed E-state index contributed by atoms with van der Waals surface area (Å²) in [4.78, 5) is 0. The highest BCUT2D eigenvalue weighted by molar-refractivity contribution is 8.09. The van der Waals surface area contributed by atoms with Crippen molar-refractivity contribution >= 4 is 28.3 Å². The Morgan fingerprint density at radius 1 is 1.18 bits per heavy atom. The van der Waals surface area contributed by atoms with Crippen LogP contribution < -0.4 is 0 Å². The minimum atomic E-state index is -2.81. The maximum absolute atomic E-state index is 11.3. The molecular weight excluding hydrogens is 202 g/mol. The molecule has 0 aliphatic heterocycles. The average molecular weight is 213 g/mol.